The summed E-state index contributed by atoms with van der Waals surface area (Å²) in [4.78, 5) is 14.1. The van der Waals surface area contributed by atoms with Crippen LogP contribution < -0.4 is 5.32 Å². The Bertz CT molecular complexity index is 467. The predicted octanol–water partition coefficient (Wildman–Crippen LogP) is 2.94. The average Bonchev–Trinajstić information content (AvgIpc) is 3.13. The van der Waals surface area contributed by atoms with Crippen molar-refractivity contribution in [1.82, 2.24) is 4.90 Å². The molecule has 2 aliphatic rings. The van der Waals surface area contributed by atoms with E-state index in [1.807, 2.05) is 0 Å². The number of nitrogens with one attached hydrogen (secondary N) is 1. The van der Waals surface area contributed by atoms with Gasteiger partial charge in [0.25, 0.3) is 0 Å². The van der Waals surface area contributed by atoms with Gasteiger partial charge >= 0.3 is 0 Å². The van der Waals surface area contributed by atoms with Crippen LogP contribution in [0.4, 0.5) is 5.69 Å². The van der Waals surface area contributed by atoms with Crippen molar-refractivity contribution in [3.63, 3.8) is 0 Å². The van der Waals surface area contributed by atoms with Crippen LogP contribution in [0.15, 0.2) is 24.3 Å². The third kappa shape index (κ3) is 1.98. The molecule has 1 aliphatic carbocycles. The van der Waals surface area contributed by atoms with E-state index >= 15 is 0 Å². The Morgan fingerprint density at radius 2 is 2.06 bits per heavy atom. The highest BCUT2D eigenvalue weighted by molar-refractivity contribution is 5.75. The van der Waals surface area contributed by atoms with Gasteiger partial charge in [0.2, 0.25) is 5.91 Å². The summed E-state index contributed by atoms with van der Waals surface area (Å²) in [6, 6.07) is 9.53. The van der Waals surface area contributed by atoms with Crippen molar-refractivity contribution in [3.05, 3.63) is 29.8 Å². The maximum atomic E-state index is 11.9. The van der Waals surface area contributed by atoms with Crippen LogP contribution in [0.2, 0.25) is 0 Å². The van der Waals surface area contributed by atoms with Crippen molar-refractivity contribution in [3.8, 4) is 0 Å². The highest BCUT2D eigenvalue weighted by Crippen LogP contribution is 2.41. The highest BCUT2D eigenvalue weighted by atomic mass is 16.2. The zero-order valence-corrected chi connectivity index (χ0v) is 11.0. The van der Waals surface area contributed by atoms with Crippen LogP contribution in [-0.2, 0) is 4.79 Å². The van der Waals surface area contributed by atoms with Crippen molar-refractivity contribution in [2.75, 3.05) is 5.32 Å². The maximum absolute atomic E-state index is 11.9. The normalized spacial score (nSPS) is 26.1. The second kappa shape index (κ2) is 4.30. The minimum absolute atomic E-state index is 0.214. The third-order valence-corrected chi connectivity index (χ3v) is 3.94. The van der Waals surface area contributed by atoms with Crippen molar-refractivity contribution in [2.24, 2.45) is 0 Å². The number of benzene rings is 1. The molecule has 1 aliphatic heterocycles. The van der Waals surface area contributed by atoms with Gasteiger partial charge < -0.3 is 10.2 Å². The number of hydrogen-bond donors (Lipinski definition) is 1. The molecular weight excluding hydrogens is 224 g/mol. The molecule has 3 nitrogen and oxygen atoms in total. The van der Waals surface area contributed by atoms with Gasteiger partial charge in [-0.05, 0) is 37.8 Å². The molecule has 18 heavy (non-hydrogen) atoms. The van der Waals surface area contributed by atoms with E-state index in [9.17, 15) is 4.79 Å². The first-order valence-corrected chi connectivity index (χ1v) is 6.81. The van der Waals surface area contributed by atoms with E-state index in [1.165, 1.54) is 24.1 Å². The van der Waals surface area contributed by atoms with E-state index in [0.717, 1.165) is 6.42 Å². The van der Waals surface area contributed by atoms with E-state index in [1.54, 1.807) is 6.92 Å². The molecule has 0 aromatic heterocycles. The minimum Gasteiger partial charge on any atom is -0.382 e. The van der Waals surface area contributed by atoms with Crippen molar-refractivity contribution < 1.29 is 4.79 Å². The zero-order chi connectivity index (χ0) is 12.7. The number of carbonyl (C=O) groups excluding carboxylic acids is 1. The van der Waals surface area contributed by atoms with Crippen LogP contribution in [-0.4, -0.2) is 22.9 Å². The molecule has 0 spiro atoms. The lowest BCUT2D eigenvalue weighted by Crippen LogP contribution is -2.40. The molecule has 96 valence electrons. The molecule has 1 fully saturated rings. The summed E-state index contributed by atoms with van der Waals surface area (Å²) in [5.41, 5.74) is 2.46. The number of fused-ring (bicyclic) bond motifs is 1. The average molecular weight is 244 g/mol. The Morgan fingerprint density at radius 1 is 1.33 bits per heavy atom. The molecule has 1 N–H and O–H groups in total. The number of rotatable bonds is 2. The lowest BCUT2D eigenvalue weighted by Gasteiger charge is -2.38. The number of hydrogen-bond acceptors (Lipinski definition) is 2. The van der Waals surface area contributed by atoms with Gasteiger partial charge in [-0.1, -0.05) is 18.2 Å². The molecule has 0 unspecified atom stereocenters. The number of amides is 1. The molecule has 0 radical (unpaired) electrons. The fraction of sp³-hybridized carbons (Fsp3) is 0.533. The Balaban J connectivity index is 1.98. The van der Waals surface area contributed by atoms with Gasteiger partial charge in [0.15, 0.2) is 0 Å². The van der Waals surface area contributed by atoms with Crippen LogP contribution in [0.1, 0.15) is 44.7 Å². The fourth-order valence-electron chi connectivity index (χ4n) is 3.05. The van der Waals surface area contributed by atoms with Gasteiger partial charge in [-0.15, -0.1) is 0 Å². The Labute approximate surface area is 108 Å². The van der Waals surface area contributed by atoms with Crippen LogP contribution in [0, 0.1) is 0 Å². The van der Waals surface area contributed by atoms with E-state index in [-0.39, 0.29) is 11.9 Å². The number of nitrogens with zero attached hydrogens (tertiary/aromatic N) is 1. The molecule has 3 rings (SSSR count). The molecule has 1 aromatic carbocycles. The molecule has 1 heterocycles. The summed E-state index contributed by atoms with van der Waals surface area (Å²) in [6.07, 6.45) is 3.34. The van der Waals surface area contributed by atoms with Crippen LogP contribution in [0.3, 0.4) is 0 Å². The first kappa shape index (κ1) is 11.6. The summed E-state index contributed by atoms with van der Waals surface area (Å²) >= 11 is 0. The van der Waals surface area contributed by atoms with Crippen molar-refractivity contribution in [1.29, 1.82) is 0 Å². The van der Waals surface area contributed by atoms with E-state index < -0.39 is 0 Å². The Morgan fingerprint density at radius 3 is 2.72 bits per heavy atom. The summed E-state index contributed by atoms with van der Waals surface area (Å²) < 4.78 is 0. The van der Waals surface area contributed by atoms with Gasteiger partial charge in [0.05, 0.1) is 6.04 Å². The lowest BCUT2D eigenvalue weighted by molar-refractivity contribution is -0.132. The number of carbonyl (C=O) groups is 1. The molecule has 3 heteroatoms. The number of para-hydroxylation sites is 1. The quantitative estimate of drug-likeness (QED) is 0.867. The Hall–Kier alpha value is -1.51. The smallest absolute Gasteiger partial charge is 0.220 e. The first-order valence-electron chi connectivity index (χ1n) is 6.81. The monoisotopic (exact) mass is 244 g/mol. The number of anilines is 1. The molecule has 1 saturated carbocycles. The van der Waals surface area contributed by atoms with Crippen LogP contribution >= 0.6 is 0 Å². The van der Waals surface area contributed by atoms with Gasteiger partial charge in [0, 0.05) is 24.7 Å². The zero-order valence-electron chi connectivity index (χ0n) is 11.0. The summed E-state index contributed by atoms with van der Waals surface area (Å²) in [6.45, 7) is 3.89. The highest BCUT2D eigenvalue weighted by Gasteiger charge is 2.39. The third-order valence-electron chi connectivity index (χ3n) is 3.94. The second-order valence-corrected chi connectivity index (χ2v) is 5.54. The standard InChI is InChI=1S/C15H20N2O/c1-10-9-15(17(11(2)18)12-7-8-12)13-5-3-4-6-14(13)16-10/h3-6,10,12,15-16H,7-9H2,1-2H3/t10-,15+/m1/s1. The second-order valence-electron chi connectivity index (χ2n) is 5.54. The molecule has 1 amide bonds. The van der Waals surface area contributed by atoms with Gasteiger partial charge in [-0.25, -0.2) is 0 Å². The van der Waals surface area contributed by atoms with Gasteiger partial charge in [0.1, 0.15) is 0 Å². The molecule has 2 atom stereocenters. The van der Waals surface area contributed by atoms with Gasteiger partial charge in [-0.3, -0.25) is 4.79 Å². The fourth-order valence-corrected chi connectivity index (χ4v) is 3.05. The molecule has 1 aromatic rings. The maximum Gasteiger partial charge on any atom is 0.220 e. The summed E-state index contributed by atoms with van der Waals surface area (Å²) in [5, 5.41) is 3.50. The molecule has 0 saturated heterocycles. The minimum atomic E-state index is 0.214. The van der Waals surface area contributed by atoms with Crippen molar-refractivity contribution >= 4 is 11.6 Å². The Kier molecular flexibility index (Phi) is 2.77. The van der Waals surface area contributed by atoms with Crippen LogP contribution in [0.25, 0.3) is 0 Å². The molecule has 0 bridgehead atoms. The van der Waals surface area contributed by atoms with E-state index in [0.29, 0.717) is 12.1 Å². The van der Waals surface area contributed by atoms with E-state index in [2.05, 4.69) is 41.4 Å². The van der Waals surface area contributed by atoms with Crippen molar-refractivity contribution in [2.45, 2.75) is 51.2 Å². The van der Waals surface area contributed by atoms with Crippen LogP contribution in [0.5, 0.6) is 0 Å². The summed E-state index contributed by atoms with van der Waals surface area (Å²) in [5.74, 6) is 0.214. The predicted molar refractivity (Wildman–Crippen MR) is 72.4 cm³/mol. The largest absolute Gasteiger partial charge is 0.382 e. The first-order chi connectivity index (χ1) is 8.66. The van der Waals surface area contributed by atoms with Gasteiger partial charge in [-0.2, -0.15) is 0 Å². The lowest BCUT2D eigenvalue weighted by atomic mass is 9.92. The SMILES string of the molecule is CC(=O)N(C1CC1)[C@H]1C[C@@H](C)Nc2ccccc21. The molecular formula is C15H20N2O. The topological polar surface area (TPSA) is 32.3 Å². The summed E-state index contributed by atoms with van der Waals surface area (Å²) in [7, 11) is 0. The van der Waals surface area contributed by atoms with E-state index in [4.69, 9.17) is 0 Å².